The number of alkyl halides is 2. The van der Waals surface area contributed by atoms with Crippen LogP contribution in [0.25, 0.3) is 10.8 Å². The summed E-state index contributed by atoms with van der Waals surface area (Å²) in [6.07, 6.45) is -0.0727. The molecule has 1 heterocycles. The molecule has 4 aliphatic rings. The Morgan fingerprint density at radius 3 is 1.71 bits per heavy atom. The Hall–Kier alpha value is -4.65. The maximum Gasteiger partial charge on any atom is 0.235 e. The number of carbonyl (C=O) groups excluding carboxylic acids is 3. The smallest absolute Gasteiger partial charge is 0.235 e. The average molecular weight is 634 g/mol. The lowest BCUT2D eigenvalue weighted by atomic mass is 9.54. The monoisotopic (exact) mass is 632 g/mol. The van der Waals surface area contributed by atoms with Gasteiger partial charge < -0.3 is 10.1 Å². The van der Waals surface area contributed by atoms with Crippen LogP contribution in [0.5, 0.6) is 11.5 Å². The number of anilines is 1. The summed E-state index contributed by atoms with van der Waals surface area (Å²) in [7, 11) is 0. The van der Waals surface area contributed by atoms with E-state index >= 15 is 0 Å². The molecule has 1 aliphatic heterocycles. The Labute approximate surface area is 269 Å². The van der Waals surface area contributed by atoms with Gasteiger partial charge in [-0.3, -0.25) is 19.3 Å². The largest absolute Gasteiger partial charge is 0.457 e. The molecule has 8 heteroatoms. The summed E-state index contributed by atoms with van der Waals surface area (Å²) in [5.41, 5.74) is 3.55. The van der Waals surface area contributed by atoms with E-state index in [0.29, 0.717) is 17.2 Å². The third kappa shape index (κ3) is 4.06. The molecular formula is C37H26Cl2N2O4. The van der Waals surface area contributed by atoms with Crippen LogP contribution in [0, 0.1) is 11.8 Å². The molecule has 3 aliphatic carbocycles. The summed E-state index contributed by atoms with van der Waals surface area (Å²) in [5.74, 6) is -1.57. The van der Waals surface area contributed by atoms with Gasteiger partial charge in [-0.05, 0) is 69.4 Å². The second-order valence-electron chi connectivity index (χ2n) is 11.7. The van der Waals surface area contributed by atoms with E-state index < -0.39 is 33.4 Å². The predicted octanol–water partition coefficient (Wildman–Crippen LogP) is 7.55. The maximum atomic E-state index is 14.0. The fraction of sp³-hybridized carbons (Fsp3) is 0.162. The lowest BCUT2D eigenvalue weighted by molar-refractivity contribution is -0.140. The van der Waals surface area contributed by atoms with Crippen molar-refractivity contribution < 1.29 is 19.1 Å². The van der Waals surface area contributed by atoms with Gasteiger partial charge in [0.25, 0.3) is 0 Å². The number of benzene rings is 5. The highest BCUT2D eigenvalue weighted by Gasteiger charge is 2.72. The molecule has 0 spiro atoms. The molecule has 0 saturated carbocycles. The number of likely N-dealkylation sites (tertiary alicyclic amines) is 1. The summed E-state index contributed by atoms with van der Waals surface area (Å²) in [5, 5.41) is 5.06. The second-order valence-corrected chi connectivity index (χ2v) is 12.9. The molecule has 0 unspecified atom stereocenters. The summed E-state index contributed by atoms with van der Waals surface area (Å²) in [4.78, 5) is 39.6. The van der Waals surface area contributed by atoms with E-state index in [4.69, 9.17) is 27.9 Å². The number of hydrogen-bond acceptors (Lipinski definition) is 4. The highest BCUT2D eigenvalue weighted by Crippen LogP contribution is 2.69. The van der Waals surface area contributed by atoms with Crippen molar-refractivity contribution in [2.75, 3.05) is 11.9 Å². The van der Waals surface area contributed by atoms with Crippen LogP contribution in [-0.4, -0.2) is 29.2 Å². The van der Waals surface area contributed by atoms with Gasteiger partial charge in [-0.15, -0.1) is 23.2 Å². The molecule has 9 rings (SSSR count). The maximum absolute atomic E-state index is 14.0. The fourth-order valence-corrected chi connectivity index (χ4v) is 8.45. The third-order valence-corrected chi connectivity index (χ3v) is 10.6. The molecule has 1 fully saturated rings. The first-order valence-electron chi connectivity index (χ1n) is 14.8. The van der Waals surface area contributed by atoms with Gasteiger partial charge in [0.05, 0.1) is 11.8 Å². The normalized spacial score (nSPS) is 24.3. The second kappa shape index (κ2) is 10.2. The number of nitrogens with one attached hydrogen (secondary N) is 1. The predicted molar refractivity (Wildman–Crippen MR) is 174 cm³/mol. The number of halogens is 2. The van der Waals surface area contributed by atoms with E-state index in [1.54, 1.807) is 24.3 Å². The van der Waals surface area contributed by atoms with Crippen LogP contribution in [0.15, 0.2) is 115 Å². The first kappa shape index (κ1) is 27.9. The number of hydrogen-bond donors (Lipinski definition) is 1. The number of fused-ring (bicyclic) bond motifs is 1. The molecule has 6 nitrogen and oxygen atoms in total. The van der Waals surface area contributed by atoms with E-state index in [1.165, 1.54) is 4.90 Å². The van der Waals surface area contributed by atoms with Gasteiger partial charge in [0.15, 0.2) is 0 Å². The van der Waals surface area contributed by atoms with Crippen LogP contribution in [0.3, 0.4) is 0 Å². The van der Waals surface area contributed by atoms with Gasteiger partial charge in [0, 0.05) is 18.7 Å². The first-order chi connectivity index (χ1) is 21.8. The lowest BCUT2D eigenvalue weighted by Gasteiger charge is -2.54. The van der Waals surface area contributed by atoms with Crippen LogP contribution < -0.4 is 10.1 Å². The quantitative estimate of drug-likeness (QED) is 0.155. The SMILES string of the molecule is O=C(CCN1C(=O)[C@@H]2[C@H](C1=O)C1(Cl)c3ccccc3C2(Cl)c2ccccc21)Nc1ccc(Oc2ccc3ccccc3c2)cc1. The molecule has 1 saturated heterocycles. The Morgan fingerprint density at radius 1 is 0.667 bits per heavy atom. The van der Waals surface area contributed by atoms with Crippen molar-refractivity contribution in [2.45, 2.75) is 16.2 Å². The van der Waals surface area contributed by atoms with Crippen molar-refractivity contribution in [3.05, 3.63) is 138 Å². The third-order valence-electron chi connectivity index (χ3n) is 9.33. The number of amides is 3. The molecule has 5 aromatic carbocycles. The zero-order valence-electron chi connectivity index (χ0n) is 23.9. The summed E-state index contributed by atoms with van der Waals surface area (Å²) < 4.78 is 6.00. The molecule has 5 aromatic rings. The van der Waals surface area contributed by atoms with Gasteiger partial charge in [0.1, 0.15) is 21.2 Å². The molecule has 0 aromatic heterocycles. The molecule has 1 N–H and O–H groups in total. The van der Waals surface area contributed by atoms with Crippen LogP contribution in [0.1, 0.15) is 28.7 Å². The number of carbonyl (C=O) groups is 3. The molecule has 222 valence electrons. The summed E-state index contributed by atoms with van der Waals surface area (Å²) in [6, 6.07) is 36.0. The molecule has 45 heavy (non-hydrogen) atoms. The first-order valence-corrected chi connectivity index (χ1v) is 15.6. The van der Waals surface area contributed by atoms with Crippen LogP contribution in [0.4, 0.5) is 5.69 Å². The van der Waals surface area contributed by atoms with E-state index in [9.17, 15) is 14.4 Å². The Bertz CT molecular complexity index is 1920. The molecule has 2 atom stereocenters. The summed E-state index contributed by atoms with van der Waals surface area (Å²) in [6.45, 7) is -0.0771. The zero-order valence-corrected chi connectivity index (χ0v) is 25.4. The van der Waals surface area contributed by atoms with Gasteiger partial charge in [-0.25, -0.2) is 0 Å². The van der Waals surface area contributed by atoms with E-state index in [-0.39, 0.29) is 18.9 Å². The van der Waals surface area contributed by atoms with Crippen molar-refractivity contribution in [2.24, 2.45) is 11.8 Å². The van der Waals surface area contributed by atoms with E-state index in [1.807, 2.05) is 91.0 Å². The number of rotatable bonds is 6. The van der Waals surface area contributed by atoms with Gasteiger partial charge in [0.2, 0.25) is 17.7 Å². The van der Waals surface area contributed by atoms with Crippen molar-refractivity contribution in [3.8, 4) is 11.5 Å². The van der Waals surface area contributed by atoms with Crippen molar-refractivity contribution in [3.63, 3.8) is 0 Å². The number of ether oxygens (including phenoxy) is 1. The van der Waals surface area contributed by atoms with Gasteiger partial charge in [-0.1, -0.05) is 78.9 Å². The number of imide groups is 1. The zero-order chi connectivity index (χ0) is 30.9. The molecular weight excluding hydrogens is 607 g/mol. The van der Waals surface area contributed by atoms with Crippen LogP contribution in [-0.2, 0) is 24.1 Å². The highest BCUT2D eigenvalue weighted by atomic mass is 35.5. The molecule has 3 amide bonds. The van der Waals surface area contributed by atoms with E-state index in [2.05, 4.69) is 5.32 Å². The Kier molecular flexibility index (Phi) is 6.31. The topological polar surface area (TPSA) is 75.7 Å². The van der Waals surface area contributed by atoms with Crippen LogP contribution in [0.2, 0.25) is 0 Å². The minimum atomic E-state index is -1.24. The van der Waals surface area contributed by atoms with Gasteiger partial charge >= 0.3 is 0 Å². The molecule has 2 bridgehead atoms. The van der Waals surface area contributed by atoms with E-state index in [0.717, 1.165) is 33.0 Å². The fourth-order valence-electron chi connectivity index (χ4n) is 7.36. The van der Waals surface area contributed by atoms with Crippen LogP contribution >= 0.6 is 23.2 Å². The highest BCUT2D eigenvalue weighted by molar-refractivity contribution is 6.36. The Balaban J connectivity index is 0.974. The standard InChI is InChI=1S/C37H26Cl2N2O4/c38-36-27-9-3-4-10-28(27)37(39,30-12-6-5-11-29(30)36)33-32(36)34(43)41(35(33)44)20-19-31(42)40-24-14-17-25(18-15-24)45-26-16-13-22-7-1-2-8-23(22)21-26/h1-18,21,32-33H,19-20H2,(H,40,42)/t32-,33+,36?,37?. The Morgan fingerprint density at radius 2 is 1.16 bits per heavy atom. The average Bonchev–Trinajstić information content (AvgIpc) is 3.33. The minimum absolute atomic E-state index is 0.0727. The molecule has 0 radical (unpaired) electrons. The summed E-state index contributed by atoms with van der Waals surface area (Å²) >= 11 is 14.9. The number of nitrogens with zero attached hydrogens (tertiary/aromatic N) is 1. The van der Waals surface area contributed by atoms with Crippen molar-refractivity contribution >= 4 is 57.4 Å². The van der Waals surface area contributed by atoms with Gasteiger partial charge in [-0.2, -0.15) is 0 Å². The lowest BCUT2D eigenvalue weighted by Crippen LogP contribution is -2.57. The van der Waals surface area contributed by atoms with Crippen molar-refractivity contribution in [1.82, 2.24) is 4.90 Å². The van der Waals surface area contributed by atoms with Crippen molar-refractivity contribution in [1.29, 1.82) is 0 Å². The minimum Gasteiger partial charge on any atom is -0.457 e.